The Morgan fingerprint density at radius 3 is 1.66 bits per heavy atom. The number of rotatable bonds is 18. The van der Waals surface area contributed by atoms with E-state index in [1.807, 2.05) is 77.7 Å². The number of anilines is 2. The first-order chi connectivity index (χ1) is 28.4. The second-order valence-corrected chi connectivity index (χ2v) is 16.3. The Kier molecular flexibility index (Phi) is 14.4. The van der Waals surface area contributed by atoms with E-state index in [0.29, 0.717) is 68.5 Å². The summed E-state index contributed by atoms with van der Waals surface area (Å²) in [7, 11) is 3.28. The lowest BCUT2D eigenvalue weighted by Crippen LogP contribution is -2.50. The van der Waals surface area contributed by atoms with Gasteiger partial charge in [0.1, 0.15) is 23.1 Å². The maximum atomic E-state index is 14.5. The molecule has 312 valence electrons. The van der Waals surface area contributed by atoms with E-state index < -0.39 is 17.7 Å². The summed E-state index contributed by atoms with van der Waals surface area (Å²) in [5, 5.41) is 15.0. The van der Waals surface area contributed by atoms with Gasteiger partial charge in [0.2, 0.25) is 5.91 Å². The summed E-state index contributed by atoms with van der Waals surface area (Å²) < 4.78 is 16.7. The van der Waals surface area contributed by atoms with Crippen molar-refractivity contribution in [2.24, 2.45) is 5.73 Å². The van der Waals surface area contributed by atoms with Gasteiger partial charge in [-0.25, -0.2) is 14.8 Å². The van der Waals surface area contributed by atoms with Crippen molar-refractivity contribution in [1.29, 1.82) is 0 Å². The first-order valence-electron chi connectivity index (χ1n) is 20.0. The molecule has 2 amide bonds. The second-order valence-electron chi connectivity index (χ2n) is 15.4. The molecular weight excluding hydrogens is 789 g/mol. The summed E-state index contributed by atoms with van der Waals surface area (Å²) in [4.78, 5) is 39.1. The predicted molar refractivity (Wildman–Crippen MR) is 240 cm³/mol. The maximum Gasteiger partial charge on any atom is 0.408 e. The van der Waals surface area contributed by atoms with Crippen LogP contribution in [0.2, 0.25) is 10.0 Å². The molecule has 2 aromatic heterocycles. The number of alkyl carbamates (subject to hydrolysis) is 1. The fourth-order valence-electron chi connectivity index (χ4n) is 7.15. The van der Waals surface area contributed by atoms with Crippen molar-refractivity contribution in [2.45, 2.75) is 64.5 Å². The Hall–Kier alpha value is -5.30. The first kappa shape index (κ1) is 43.3. The summed E-state index contributed by atoms with van der Waals surface area (Å²) >= 11 is 12.7. The average Bonchev–Trinajstić information content (AvgIpc) is 3.20. The van der Waals surface area contributed by atoms with E-state index in [1.165, 1.54) is 0 Å². The van der Waals surface area contributed by atoms with Gasteiger partial charge in [-0.2, -0.15) is 0 Å². The van der Waals surface area contributed by atoms with Crippen LogP contribution in [0.1, 0.15) is 52.9 Å². The van der Waals surface area contributed by atoms with Crippen molar-refractivity contribution in [3.8, 4) is 11.5 Å². The minimum atomic E-state index is -0.784. The van der Waals surface area contributed by atoms with Crippen LogP contribution in [-0.4, -0.2) is 85.5 Å². The molecule has 12 nitrogen and oxygen atoms in total. The monoisotopic (exact) mass is 841 g/mol. The number of methoxy groups -OCH3 is 2. The largest absolute Gasteiger partial charge is 0.497 e. The number of amides is 2. The molecule has 0 fully saturated rings. The minimum Gasteiger partial charge on any atom is -0.497 e. The van der Waals surface area contributed by atoms with Crippen LogP contribution in [0.5, 0.6) is 11.5 Å². The van der Waals surface area contributed by atoms with Gasteiger partial charge in [0.15, 0.2) is 0 Å². The van der Waals surface area contributed by atoms with Crippen molar-refractivity contribution in [1.82, 2.24) is 20.2 Å². The van der Waals surface area contributed by atoms with Crippen molar-refractivity contribution < 1.29 is 23.8 Å². The standard InChI is InChI=1S/C45H53Cl2N7O5/c1-45(2,3)59-44(56)53-38(10-6-7-19-48)43(55)54(22-8-20-49-41-32-15-11-28(46)24-39(32)51-36-17-13-30(57-4)26-34(36)41)23-9-21-50-42-33-16-12-29(47)25-40(33)52-37-18-14-31(58-5)27-35(37)42/h11-18,24-27,38H,6-10,19-23,48H2,1-5H3,(H,49,51)(H,50,52)(H,53,56)/t38-/m0/s1. The molecular formula is C45H53Cl2N7O5. The van der Waals surface area contributed by atoms with Crippen LogP contribution in [0.3, 0.4) is 0 Å². The predicted octanol–water partition coefficient (Wildman–Crippen LogP) is 9.57. The number of benzene rings is 4. The number of nitrogens with zero attached hydrogens (tertiary/aromatic N) is 3. The number of ether oxygens (including phenoxy) is 3. The minimum absolute atomic E-state index is 0.175. The number of aromatic nitrogens is 2. The van der Waals surface area contributed by atoms with Gasteiger partial charge in [-0.15, -0.1) is 0 Å². The SMILES string of the molecule is COc1ccc2nc3cc(Cl)ccc3c(NCCCN(CCCNc3c4ccc(Cl)cc4nc4ccc(OC)cc34)C(=O)[C@H](CCCCN)NC(=O)OC(C)(C)C)c2c1. The summed E-state index contributed by atoms with van der Waals surface area (Å²) in [6, 6.07) is 22.1. The molecule has 2 heterocycles. The Morgan fingerprint density at radius 1 is 0.695 bits per heavy atom. The summed E-state index contributed by atoms with van der Waals surface area (Å²) in [5.74, 6) is 1.26. The smallest absolute Gasteiger partial charge is 0.408 e. The summed E-state index contributed by atoms with van der Waals surface area (Å²) in [5.41, 5.74) is 10.1. The van der Waals surface area contributed by atoms with Crippen molar-refractivity contribution >= 4 is 90.2 Å². The fourth-order valence-corrected chi connectivity index (χ4v) is 7.48. The number of pyridine rings is 2. The molecule has 6 aromatic rings. The van der Waals surface area contributed by atoms with E-state index in [9.17, 15) is 9.59 Å². The highest BCUT2D eigenvalue weighted by Gasteiger charge is 2.28. The number of hydrogen-bond donors (Lipinski definition) is 4. The Bertz CT molecular complexity index is 2300. The van der Waals surface area contributed by atoms with Crippen LogP contribution in [-0.2, 0) is 9.53 Å². The number of carbonyl (C=O) groups is 2. The van der Waals surface area contributed by atoms with Crippen molar-refractivity contribution in [2.75, 3.05) is 57.6 Å². The van der Waals surface area contributed by atoms with E-state index in [0.717, 1.165) is 72.9 Å². The number of nitrogens with two attached hydrogens (primary N) is 1. The average molecular weight is 843 g/mol. The van der Waals surface area contributed by atoms with Crippen LogP contribution in [0.25, 0.3) is 43.6 Å². The zero-order valence-corrected chi connectivity index (χ0v) is 35.8. The molecule has 6 rings (SSSR count). The van der Waals surface area contributed by atoms with Gasteiger partial charge in [0.05, 0.1) is 47.7 Å². The van der Waals surface area contributed by atoms with Crippen LogP contribution in [0.15, 0.2) is 72.8 Å². The third kappa shape index (κ3) is 11.1. The highest BCUT2D eigenvalue weighted by molar-refractivity contribution is 6.32. The van der Waals surface area contributed by atoms with E-state index in [1.54, 1.807) is 35.0 Å². The highest BCUT2D eigenvalue weighted by Crippen LogP contribution is 2.36. The van der Waals surface area contributed by atoms with E-state index in [2.05, 4.69) is 16.0 Å². The van der Waals surface area contributed by atoms with Gasteiger partial charge in [0.25, 0.3) is 0 Å². The van der Waals surface area contributed by atoms with E-state index >= 15 is 0 Å². The normalized spacial score (nSPS) is 12.1. The highest BCUT2D eigenvalue weighted by atomic mass is 35.5. The number of unbranched alkanes of at least 4 members (excludes halogenated alkanes) is 1. The molecule has 0 saturated carbocycles. The van der Waals surface area contributed by atoms with Crippen LogP contribution in [0, 0.1) is 0 Å². The molecule has 0 aliphatic carbocycles. The second kappa shape index (κ2) is 19.6. The topological polar surface area (TPSA) is 153 Å². The van der Waals surface area contributed by atoms with Gasteiger partial charge >= 0.3 is 6.09 Å². The summed E-state index contributed by atoms with van der Waals surface area (Å²) in [6.07, 6.45) is 2.42. The van der Waals surface area contributed by atoms with Crippen LogP contribution >= 0.6 is 23.2 Å². The zero-order valence-electron chi connectivity index (χ0n) is 34.3. The van der Waals surface area contributed by atoms with Crippen molar-refractivity contribution in [3.63, 3.8) is 0 Å². The zero-order chi connectivity index (χ0) is 42.1. The third-order valence-electron chi connectivity index (χ3n) is 9.95. The molecule has 0 bridgehead atoms. The molecule has 0 aliphatic rings. The molecule has 0 unspecified atom stereocenters. The molecule has 0 saturated heterocycles. The quantitative estimate of drug-likeness (QED) is 0.0486. The van der Waals surface area contributed by atoms with Gasteiger partial charge in [0, 0.05) is 57.8 Å². The number of halogens is 2. The van der Waals surface area contributed by atoms with Gasteiger partial charge in [-0.3, -0.25) is 4.79 Å². The number of nitrogens with one attached hydrogen (secondary N) is 3. The molecule has 0 spiro atoms. The van der Waals surface area contributed by atoms with Crippen LogP contribution in [0.4, 0.5) is 16.2 Å². The van der Waals surface area contributed by atoms with E-state index in [-0.39, 0.29) is 5.91 Å². The number of fused-ring (bicyclic) bond motifs is 4. The fraction of sp³-hybridized carbons (Fsp3) is 0.378. The van der Waals surface area contributed by atoms with Crippen LogP contribution < -0.4 is 31.2 Å². The van der Waals surface area contributed by atoms with Gasteiger partial charge in [-0.05, 0) is 132 Å². The molecule has 59 heavy (non-hydrogen) atoms. The Morgan fingerprint density at radius 2 is 1.20 bits per heavy atom. The van der Waals surface area contributed by atoms with Gasteiger partial charge < -0.3 is 40.8 Å². The lowest BCUT2D eigenvalue weighted by atomic mass is 10.1. The molecule has 0 aliphatic heterocycles. The first-order valence-corrected chi connectivity index (χ1v) is 20.7. The lowest BCUT2D eigenvalue weighted by Gasteiger charge is -2.29. The Labute approximate surface area is 355 Å². The molecule has 4 aromatic carbocycles. The third-order valence-corrected chi connectivity index (χ3v) is 10.4. The molecule has 14 heteroatoms. The maximum absolute atomic E-state index is 14.5. The molecule has 0 radical (unpaired) electrons. The Balaban J connectivity index is 1.23. The number of hydrogen-bond acceptors (Lipinski definition) is 10. The number of carbonyl (C=O) groups excluding carboxylic acids is 2. The molecule has 5 N–H and O–H groups in total. The van der Waals surface area contributed by atoms with Crippen molar-refractivity contribution in [3.05, 3.63) is 82.8 Å². The van der Waals surface area contributed by atoms with Gasteiger partial charge in [-0.1, -0.05) is 23.2 Å². The van der Waals surface area contributed by atoms with E-state index in [4.69, 9.17) is 53.1 Å². The summed E-state index contributed by atoms with van der Waals surface area (Å²) in [6.45, 7) is 7.84. The molecule has 1 atom stereocenters. The lowest BCUT2D eigenvalue weighted by molar-refractivity contribution is -0.133.